The lowest BCUT2D eigenvalue weighted by atomic mass is 9.77. The number of pyridine rings is 1. The third kappa shape index (κ3) is 2.96. The van der Waals surface area contributed by atoms with Crippen LogP contribution in [0.3, 0.4) is 0 Å². The molecule has 0 spiro atoms. The molecule has 0 bridgehead atoms. The predicted molar refractivity (Wildman–Crippen MR) is 79.8 cm³/mol. The van der Waals surface area contributed by atoms with Crippen LogP contribution < -0.4 is 10.6 Å². The Morgan fingerprint density at radius 1 is 1.30 bits per heavy atom. The maximum absolute atomic E-state index is 12.3. The highest BCUT2D eigenvalue weighted by Crippen LogP contribution is 2.32. The quantitative estimate of drug-likeness (QED) is 0.824. The van der Waals surface area contributed by atoms with Crippen LogP contribution >= 0.6 is 11.6 Å². The van der Waals surface area contributed by atoms with E-state index >= 15 is 0 Å². The van der Waals surface area contributed by atoms with E-state index in [1.54, 1.807) is 18.3 Å². The van der Waals surface area contributed by atoms with Crippen molar-refractivity contribution in [2.75, 3.05) is 5.32 Å². The first-order chi connectivity index (χ1) is 9.74. The van der Waals surface area contributed by atoms with Crippen LogP contribution in [0.2, 0.25) is 5.15 Å². The smallest absolute Gasteiger partial charge is 0.241 e. The Morgan fingerprint density at radius 2 is 2.15 bits per heavy atom. The molecule has 2 aliphatic rings. The second kappa shape index (κ2) is 6.10. The van der Waals surface area contributed by atoms with Gasteiger partial charge in [-0.05, 0) is 43.7 Å². The fourth-order valence-corrected chi connectivity index (χ4v) is 3.57. The van der Waals surface area contributed by atoms with E-state index in [1.807, 2.05) is 0 Å². The molecule has 5 heteroatoms. The summed E-state index contributed by atoms with van der Waals surface area (Å²) in [5.41, 5.74) is 0.590. The highest BCUT2D eigenvalue weighted by atomic mass is 35.5. The predicted octanol–water partition coefficient (Wildman–Crippen LogP) is 2.98. The van der Waals surface area contributed by atoms with Crippen LogP contribution in [0.5, 0.6) is 0 Å². The molecule has 1 aromatic heterocycles. The summed E-state index contributed by atoms with van der Waals surface area (Å²) in [4.78, 5) is 16.3. The van der Waals surface area contributed by atoms with Gasteiger partial charge in [-0.3, -0.25) is 4.79 Å². The maximum atomic E-state index is 12.3. The fourth-order valence-electron chi connectivity index (χ4n) is 3.40. The molecule has 3 atom stereocenters. The van der Waals surface area contributed by atoms with E-state index < -0.39 is 0 Å². The Hall–Kier alpha value is -1.13. The zero-order valence-electron chi connectivity index (χ0n) is 11.4. The normalized spacial score (nSPS) is 29.6. The number of halogens is 1. The standard InChI is InChI=1S/C15H20ClN3O/c16-14-12(6-3-9-17-14)19-15(20)13-8-7-10-4-1-2-5-11(10)18-13/h3,6,9-11,13,18H,1-2,4-5,7-8H2,(H,19,20). The Bertz CT molecular complexity index is 494. The number of piperidine rings is 1. The van der Waals surface area contributed by atoms with Crippen LogP contribution in [0.1, 0.15) is 38.5 Å². The largest absolute Gasteiger partial charge is 0.322 e. The van der Waals surface area contributed by atoms with Gasteiger partial charge in [0.1, 0.15) is 0 Å². The van der Waals surface area contributed by atoms with E-state index in [1.165, 1.54) is 25.7 Å². The summed E-state index contributed by atoms with van der Waals surface area (Å²) in [6.45, 7) is 0. The molecule has 0 radical (unpaired) electrons. The molecule has 4 nitrogen and oxygen atoms in total. The van der Waals surface area contributed by atoms with Crippen LogP contribution in [-0.2, 0) is 4.79 Å². The van der Waals surface area contributed by atoms with Gasteiger partial charge in [0.15, 0.2) is 5.15 Å². The first-order valence-corrected chi connectivity index (χ1v) is 7.79. The van der Waals surface area contributed by atoms with Crippen LogP contribution in [0.15, 0.2) is 18.3 Å². The zero-order chi connectivity index (χ0) is 13.9. The summed E-state index contributed by atoms with van der Waals surface area (Å²) in [6, 6.07) is 3.95. The number of fused-ring (bicyclic) bond motifs is 1. The molecule has 1 saturated carbocycles. The number of anilines is 1. The summed E-state index contributed by atoms with van der Waals surface area (Å²) in [6.07, 6.45) is 8.79. The molecule has 1 saturated heterocycles. The number of carbonyl (C=O) groups excluding carboxylic acids is 1. The number of rotatable bonds is 2. The van der Waals surface area contributed by atoms with Gasteiger partial charge in [-0.2, -0.15) is 0 Å². The van der Waals surface area contributed by atoms with Gasteiger partial charge in [0, 0.05) is 12.2 Å². The molecule has 0 aromatic carbocycles. The molecule has 1 amide bonds. The minimum atomic E-state index is -0.106. The van der Waals surface area contributed by atoms with E-state index in [9.17, 15) is 4.79 Å². The van der Waals surface area contributed by atoms with Gasteiger partial charge < -0.3 is 10.6 Å². The van der Waals surface area contributed by atoms with Gasteiger partial charge in [-0.15, -0.1) is 0 Å². The van der Waals surface area contributed by atoms with E-state index in [0.717, 1.165) is 18.8 Å². The van der Waals surface area contributed by atoms with Crippen molar-refractivity contribution in [1.29, 1.82) is 0 Å². The molecule has 2 N–H and O–H groups in total. The average molecular weight is 294 g/mol. The van der Waals surface area contributed by atoms with Crippen molar-refractivity contribution in [2.45, 2.75) is 50.6 Å². The van der Waals surface area contributed by atoms with E-state index in [2.05, 4.69) is 15.6 Å². The molecule has 2 fully saturated rings. The number of hydrogen-bond acceptors (Lipinski definition) is 3. The molecule has 1 aliphatic carbocycles. The summed E-state index contributed by atoms with van der Waals surface area (Å²) in [5.74, 6) is 0.763. The Kier molecular flexibility index (Phi) is 4.22. The molecule has 2 heterocycles. The van der Waals surface area contributed by atoms with Crippen LogP contribution in [0.4, 0.5) is 5.69 Å². The SMILES string of the molecule is O=C(Nc1cccnc1Cl)C1CCC2CCCCC2N1. The second-order valence-electron chi connectivity index (χ2n) is 5.78. The van der Waals surface area contributed by atoms with Crippen molar-refractivity contribution in [3.63, 3.8) is 0 Å². The molecule has 1 aromatic rings. The van der Waals surface area contributed by atoms with Crippen LogP contribution in [0, 0.1) is 5.92 Å². The highest BCUT2D eigenvalue weighted by molar-refractivity contribution is 6.32. The van der Waals surface area contributed by atoms with E-state index in [-0.39, 0.29) is 11.9 Å². The number of aromatic nitrogens is 1. The number of carbonyl (C=O) groups is 1. The summed E-state index contributed by atoms with van der Waals surface area (Å²) >= 11 is 5.97. The molecular formula is C15H20ClN3O. The van der Waals surface area contributed by atoms with E-state index in [4.69, 9.17) is 11.6 Å². The number of amides is 1. The van der Waals surface area contributed by atoms with Gasteiger partial charge in [0.2, 0.25) is 5.91 Å². The highest BCUT2D eigenvalue weighted by Gasteiger charge is 2.34. The summed E-state index contributed by atoms with van der Waals surface area (Å²) < 4.78 is 0. The van der Waals surface area contributed by atoms with Crippen molar-refractivity contribution in [2.24, 2.45) is 5.92 Å². The van der Waals surface area contributed by atoms with Gasteiger partial charge in [0.25, 0.3) is 0 Å². The third-order valence-corrected chi connectivity index (χ3v) is 4.79. The minimum Gasteiger partial charge on any atom is -0.322 e. The molecule has 20 heavy (non-hydrogen) atoms. The van der Waals surface area contributed by atoms with Crippen LogP contribution in [0.25, 0.3) is 0 Å². The Morgan fingerprint density at radius 3 is 3.00 bits per heavy atom. The molecule has 108 valence electrons. The number of nitrogens with one attached hydrogen (secondary N) is 2. The van der Waals surface area contributed by atoms with Crippen molar-refractivity contribution in [3.05, 3.63) is 23.5 Å². The molecule has 3 rings (SSSR count). The number of hydrogen-bond donors (Lipinski definition) is 2. The van der Waals surface area contributed by atoms with Crippen molar-refractivity contribution in [3.8, 4) is 0 Å². The van der Waals surface area contributed by atoms with Gasteiger partial charge in [0.05, 0.1) is 11.7 Å². The van der Waals surface area contributed by atoms with Crippen molar-refractivity contribution < 1.29 is 4.79 Å². The van der Waals surface area contributed by atoms with Gasteiger partial charge in [-0.1, -0.05) is 24.4 Å². The first-order valence-electron chi connectivity index (χ1n) is 7.41. The fraction of sp³-hybridized carbons (Fsp3) is 0.600. The van der Waals surface area contributed by atoms with Crippen molar-refractivity contribution in [1.82, 2.24) is 10.3 Å². The van der Waals surface area contributed by atoms with Gasteiger partial charge >= 0.3 is 0 Å². The molecular weight excluding hydrogens is 274 g/mol. The summed E-state index contributed by atoms with van der Waals surface area (Å²) in [7, 11) is 0. The second-order valence-corrected chi connectivity index (χ2v) is 6.14. The molecule has 1 aliphatic heterocycles. The Labute approximate surface area is 124 Å². The average Bonchev–Trinajstić information content (AvgIpc) is 2.49. The minimum absolute atomic E-state index is 0.00363. The van der Waals surface area contributed by atoms with Crippen LogP contribution in [-0.4, -0.2) is 23.0 Å². The van der Waals surface area contributed by atoms with Crippen molar-refractivity contribution >= 4 is 23.2 Å². The zero-order valence-corrected chi connectivity index (χ0v) is 12.2. The topological polar surface area (TPSA) is 54.0 Å². The monoisotopic (exact) mass is 293 g/mol. The van der Waals surface area contributed by atoms with Gasteiger partial charge in [-0.25, -0.2) is 4.98 Å². The maximum Gasteiger partial charge on any atom is 0.241 e. The first kappa shape index (κ1) is 13.8. The Balaban J connectivity index is 1.62. The number of nitrogens with zero attached hydrogens (tertiary/aromatic N) is 1. The lowest BCUT2D eigenvalue weighted by Crippen LogP contribution is -2.53. The third-order valence-electron chi connectivity index (χ3n) is 4.48. The molecule has 3 unspecified atom stereocenters. The lowest BCUT2D eigenvalue weighted by Gasteiger charge is -2.39. The summed E-state index contributed by atoms with van der Waals surface area (Å²) in [5, 5.41) is 6.74. The van der Waals surface area contributed by atoms with E-state index in [0.29, 0.717) is 16.9 Å². The lowest BCUT2D eigenvalue weighted by molar-refractivity contribution is -0.119.